The predicted octanol–water partition coefficient (Wildman–Crippen LogP) is 9.08. The minimum atomic E-state index is 0.318. The molecule has 2 unspecified atom stereocenters. The summed E-state index contributed by atoms with van der Waals surface area (Å²) in [5, 5.41) is 0. The van der Waals surface area contributed by atoms with Crippen LogP contribution in [0.3, 0.4) is 0 Å². The van der Waals surface area contributed by atoms with Crippen LogP contribution >= 0.6 is 0 Å². The molecule has 0 amide bonds. The number of fused-ring (bicyclic) bond motifs is 1. The zero-order chi connectivity index (χ0) is 25.3. The highest BCUT2D eigenvalue weighted by atomic mass is 14.5. The quantitative estimate of drug-likeness (QED) is 0.432. The Morgan fingerprint density at radius 2 is 1.63 bits per heavy atom. The molecule has 5 rings (SSSR count). The molecule has 2 saturated carbocycles. The molecule has 3 aliphatic carbocycles. The third-order valence-electron chi connectivity index (χ3n) is 8.03. The van der Waals surface area contributed by atoms with Crippen LogP contribution < -0.4 is 5.73 Å². The first-order valence-electron chi connectivity index (χ1n) is 13.6. The van der Waals surface area contributed by atoms with Crippen molar-refractivity contribution in [2.24, 2.45) is 17.1 Å². The van der Waals surface area contributed by atoms with Crippen molar-refractivity contribution in [3.63, 3.8) is 0 Å². The number of rotatable bonds is 7. The third kappa shape index (κ3) is 6.45. The van der Waals surface area contributed by atoms with Crippen molar-refractivity contribution >= 4 is 0 Å². The summed E-state index contributed by atoms with van der Waals surface area (Å²) in [6.45, 7) is 13.9. The van der Waals surface area contributed by atoms with E-state index in [9.17, 15) is 0 Å². The van der Waals surface area contributed by atoms with Gasteiger partial charge >= 0.3 is 0 Å². The van der Waals surface area contributed by atoms with E-state index in [-0.39, 0.29) is 0 Å². The number of hydrogen-bond acceptors (Lipinski definition) is 1. The topological polar surface area (TPSA) is 26.0 Å². The van der Waals surface area contributed by atoms with E-state index >= 15 is 0 Å². The molecule has 1 heteroatoms. The summed E-state index contributed by atoms with van der Waals surface area (Å²) in [5.41, 5.74) is 14.2. The average Bonchev–Trinajstić information content (AvgIpc) is 3.68. The molecule has 186 valence electrons. The second kappa shape index (κ2) is 12.8. The van der Waals surface area contributed by atoms with Gasteiger partial charge in [0.2, 0.25) is 0 Å². The molecule has 3 aliphatic rings. The van der Waals surface area contributed by atoms with Crippen molar-refractivity contribution < 1.29 is 0 Å². The van der Waals surface area contributed by atoms with Gasteiger partial charge in [0.25, 0.3) is 0 Å². The Labute approximate surface area is 214 Å². The fourth-order valence-corrected chi connectivity index (χ4v) is 6.03. The van der Waals surface area contributed by atoms with Gasteiger partial charge in [-0.2, -0.15) is 0 Å². The minimum Gasteiger partial charge on any atom is -0.405 e. The van der Waals surface area contributed by atoms with E-state index in [1.165, 1.54) is 67.9 Å². The van der Waals surface area contributed by atoms with Gasteiger partial charge < -0.3 is 5.73 Å². The highest BCUT2D eigenvalue weighted by molar-refractivity contribution is 5.46. The zero-order valence-electron chi connectivity index (χ0n) is 22.2. The van der Waals surface area contributed by atoms with Crippen LogP contribution in [0.5, 0.6) is 0 Å². The fraction of sp³-hybridized carbons (Fsp3) is 0.412. The van der Waals surface area contributed by atoms with Crippen LogP contribution in [0.25, 0.3) is 0 Å². The van der Waals surface area contributed by atoms with Crippen LogP contribution in [0.1, 0.15) is 81.9 Å². The van der Waals surface area contributed by atoms with Crippen molar-refractivity contribution in [2.45, 2.75) is 78.1 Å². The lowest BCUT2D eigenvalue weighted by atomic mass is 9.67. The summed E-state index contributed by atoms with van der Waals surface area (Å²) in [6, 6.07) is 20.1. The van der Waals surface area contributed by atoms with Gasteiger partial charge in [-0.25, -0.2) is 0 Å². The fourth-order valence-electron chi connectivity index (χ4n) is 6.03. The Bertz CT molecular complexity index is 1040. The van der Waals surface area contributed by atoms with E-state index in [2.05, 4.69) is 92.6 Å². The Kier molecular flexibility index (Phi) is 9.78. The van der Waals surface area contributed by atoms with Crippen molar-refractivity contribution in [1.29, 1.82) is 0 Å². The van der Waals surface area contributed by atoms with Gasteiger partial charge in [-0.05, 0) is 103 Å². The molecule has 0 radical (unpaired) electrons. The second-order valence-electron chi connectivity index (χ2n) is 10.2. The molecule has 2 N–H and O–H groups in total. The maximum atomic E-state index is 4.61. The number of aryl methyl sites for hydroxylation is 1. The van der Waals surface area contributed by atoms with Gasteiger partial charge in [0.05, 0.1) is 0 Å². The molecule has 2 aromatic carbocycles. The zero-order valence-corrected chi connectivity index (χ0v) is 22.2. The summed E-state index contributed by atoms with van der Waals surface area (Å²) in [6.07, 6.45) is 16.1. The first-order valence-corrected chi connectivity index (χ1v) is 13.6. The summed E-state index contributed by atoms with van der Waals surface area (Å²) in [7, 11) is 0. The lowest BCUT2D eigenvalue weighted by molar-refractivity contribution is 0.255. The molecular weight excluding hydrogens is 422 g/mol. The summed E-state index contributed by atoms with van der Waals surface area (Å²) in [5.74, 6) is 1.63. The molecule has 0 aliphatic heterocycles. The molecule has 0 heterocycles. The van der Waals surface area contributed by atoms with Crippen molar-refractivity contribution in [1.82, 2.24) is 0 Å². The normalized spacial score (nSPS) is 22.6. The Morgan fingerprint density at radius 3 is 2.29 bits per heavy atom. The number of allylic oxidation sites excluding steroid dienone is 5. The minimum absolute atomic E-state index is 0.318. The monoisotopic (exact) mass is 467 g/mol. The van der Waals surface area contributed by atoms with Crippen molar-refractivity contribution in [3.05, 3.63) is 120 Å². The molecule has 2 aromatic rings. The van der Waals surface area contributed by atoms with Gasteiger partial charge in [-0.3, -0.25) is 0 Å². The molecule has 2 fully saturated rings. The number of nitrogens with two attached hydrogens (primary N) is 1. The van der Waals surface area contributed by atoms with Crippen LogP contribution in [0.15, 0.2) is 103 Å². The van der Waals surface area contributed by atoms with E-state index in [0.717, 1.165) is 18.3 Å². The standard InChI is InChI=1S/C30H34.C2H5N.C2H6/c1-3-23-21-30(2)27(16-15-24-11-7-8-12-29(24)25-13-14-25)17-18-28(30)20-26(23)19-22-9-5-4-6-10-22;1-2-3;1-2/h3-12,20,25,27H,1,13-19,21H2,2H3;2H,1,3H2;1-2H3. The number of benzene rings is 2. The average molecular weight is 468 g/mol. The SMILES string of the molecule is C=CC1=C(Cc2ccccc2)C=C2CCC(CCc3ccccc3C3CC3)C2(C)C1.C=CN.CC. The predicted molar refractivity (Wildman–Crippen MR) is 153 cm³/mol. The Hall–Kier alpha value is -2.80. The van der Waals surface area contributed by atoms with Crippen molar-refractivity contribution in [3.8, 4) is 0 Å². The van der Waals surface area contributed by atoms with Crippen LogP contribution in [0, 0.1) is 11.3 Å². The van der Waals surface area contributed by atoms with Gasteiger partial charge in [0, 0.05) is 0 Å². The van der Waals surface area contributed by atoms with E-state index in [4.69, 9.17) is 0 Å². The lowest BCUT2D eigenvalue weighted by Crippen LogP contribution is -2.27. The first kappa shape index (κ1) is 26.8. The van der Waals surface area contributed by atoms with Crippen LogP contribution in [-0.2, 0) is 12.8 Å². The lowest BCUT2D eigenvalue weighted by Gasteiger charge is -2.37. The second-order valence-corrected chi connectivity index (χ2v) is 10.2. The van der Waals surface area contributed by atoms with Crippen molar-refractivity contribution in [2.75, 3.05) is 0 Å². The van der Waals surface area contributed by atoms with Crippen LogP contribution in [-0.4, -0.2) is 0 Å². The Balaban J connectivity index is 0.000000638. The van der Waals surface area contributed by atoms with Crippen LogP contribution in [0.4, 0.5) is 0 Å². The summed E-state index contributed by atoms with van der Waals surface area (Å²) >= 11 is 0. The smallest absolute Gasteiger partial charge is 0.00231 e. The van der Waals surface area contributed by atoms with Gasteiger partial charge in [0.1, 0.15) is 0 Å². The van der Waals surface area contributed by atoms with Gasteiger partial charge in [-0.15, -0.1) is 0 Å². The third-order valence-corrected chi connectivity index (χ3v) is 8.03. The molecule has 2 atom stereocenters. The first-order chi connectivity index (χ1) is 17.1. The maximum absolute atomic E-state index is 4.61. The van der Waals surface area contributed by atoms with E-state index in [0.29, 0.717) is 5.41 Å². The molecule has 1 nitrogen and oxygen atoms in total. The van der Waals surface area contributed by atoms with Gasteiger partial charge in [-0.1, -0.05) is 106 Å². The van der Waals surface area contributed by atoms with E-state index < -0.39 is 0 Å². The van der Waals surface area contributed by atoms with E-state index in [1.807, 2.05) is 13.8 Å². The molecular formula is C34H45N. The number of hydrogen-bond donors (Lipinski definition) is 1. The van der Waals surface area contributed by atoms with E-state index in [1.54, 1.807) is 16.7 Å². The summed E-state index contributed by atoms with van der Waals surface area (Å²) < 4.78 is 0. The molecule has 0 spiro atoms. The van der Waals surface area contributed by atoms with Crippen LogP contribution in [0.2, 0.25) is 0 Å². The Morgan fingerprint density at radius 1 is 0.971 bits per heavy atom. The molecule has 35 heavy (non-hydrogen) atoms. The summed E-state index contributed by atoms with van der Waals surface area (Å²) in [4.78, 5) is 0. The van der Waals surface area contributed by atoms with Gasteiger partial charge in [0.15, 0.2) is 0 Å². The largest absolute Gasteiger partial charge is 0.405 e. The molecule has 0 bridgehead atoms. The molecule has 0 saturated heterocycles. The molecule has 0 aromatic heterocycles. The highest BCUT2D eigenvalue weighted by Gasteiger charge is 2.44. The maximum Gasteiger partial charge on any atom is -0.00231 e. The highest BCUT2D eigenvalue weighted by Crippen LogP contribution is 2.56.